The van der Waals surface area contributed by atoms with Crippen molar-refractivity contribution in [3.63, 3.8) is 0 Å². The highest BCUT2D eigenvalue weighted by Crippen LogP contribution is 2.39. The molecule has 28 heavy (non-hydrogen) atoms. The molecule has 0 saturated carbocycles. The minimum absolute atomic E-state index is 0.114. The summed E-state index contributed by atoms with van der Waals surface area (Å²) in [5.41, 5.74) is 5.78. The Morgan fingerprint density at radius 3 is 2.39 bits per heavy atom. The number of rotatable bonds is 2. The van der Waals surface area contributed by atoms with Crippen LogP contribution in [0.5, 0.6) is 0 Å². The fourth-order valence-corrected chi connectivity index (χ4v) is 4.02. The largest absolute Gasteiger partial charge is 0.437 e. The van der Waals surface area contributed by atoms with Gasteiger partial charge in [-0.25, -0.2) is 8.96 Å². The molecule has 0 bridgehead atoms. The van der Waals surface area contributed by atoms with E-state index in [9.17, 15) is 8.78 Å². The average Bonchev–Trinajstić information content (AvgIpc) is 2.95. The zero-order chi connectivity index (χ0) is 20.3. The lowest BCUT2D eigenvalue weighted by atomic mass is 9.94. The number of fused-ring (bicyclic) bond motifs is 3. The fraction of sp³-hybridized carbons (Fsp3) is 0.304. The molecule has 0 aliphatic rings. The Kier molecular flexibility index (Phi) is 4.21. The third-order valence-electron chi connectivity index (χ3n) is 5.41. The molecule has 3 nitrogen and oxygen atoms in total. The van der Waals surface area contributed by atoms with Gasteiger partial charge in [-0.05, 0) is 49.9 Å². The van der Waals surface area contributed by atoms with Gasteiger partial charge in [0.25, 0.3) is 0 Å². The lowest BCUT2D eigenvalue weighted by molar-refractivity contribution is -0.660. The maximum atomic E-state index is 14.9. The Labute approximate surface area is 162 Å². The molecule has 0 amide bonds. The Hall–Kier alpha value is -2.82. The molecule has 144 valence electrons. The van der Waals surface area contributed by atoms with Crippen LogP contribution in [0.3, 0.4) is 0 Å². The summed E-state index contributed by atoms with van der Waals surface area (Å²) in [5, 5.41) is 0.837. The SMILES string of the molecule is Cc1c[n+](C)c(-c2c(C)cc(F)c3c2oc2nc(F)c(C)cc23)cc1C(C)C. The predicted molar refractivity (Wildman–Crippen MR) is 106 cm³/mol. The molecule has 4 rings (SSSR count). The van der Waals surface area contributed by atoms with Gasteiger partial charge in [-0.3, -0.25) is 0 Å². The fourth-order valence-electron chi connectivity index (χ4n) is 4.02. The van der Waals surface area contributed by atoms with Crippen LogP contribution in [0.2, 0.25) is 0 Å². The summed E-state index contributed by atoms with van der Waals surface area (Å²) >= 11 is 0. The third kappa shape index (κ3) is 2.68. The van der Waals surface area contributed by atoms with Crippen molar-refractivity contribution < 1.29 is 17.8 Å². The van der Waals surface area contributed by atoms with E-state index in [-0.39, 0.29) is 11.5 Å². The quantitative estimate of drug-likeness (QED) is 0.324. The highest BCUT2D eigenvalue weighted by atomic mass is 19.1. The highest BCUT2D eigenvalue weighted by molar-refractivity contribution is 6.09. The number of aryl methyl sites for hydroxylation is 4. The summed E-state index contributed by atoms with van der Waals surface area (Å²) < 4.78 is 36.8. The van der Waals surface area contributed by atoms with Gasteiger partial charge in [-0.15, -0.1) is 0 Å². The van der Waals surface area contributed by atoms with Crippen molar-refractivity contribution in [1.82, 2.24) is 4.98 Å². The zero-order valence-electron chi connectivity index (χ0n) is 16.9. The molecule has 0 saturated heterocycles. The van der Waals surface area contributed by atoms with Gasteiger partial charge in [-0.2, -0.15) is 9.37 Å². The molecule has 5 heteroatoms. The predicted octanol–water partition coefficient (Wildman–Crippen LogP) is 5.80. The molecule has 0 aliphatic heterocycles. The summed E-state index contributed by atoms with van der Waals surface area (Å²) in [4.78, 5) is 3.89. The van der Waals surface area contributed by atoms with Crippen molar-refractivity contribution in [2.45, 2.75) is 40.5 Å². The highest BCUT2D eigenvalue weighted by Gasteiger charge is 2.25. The monoisotopic (exact) mass is 381 g/mol. The van der Waals surface area contributed by atoms with Gasteiger partial charge < -0.3 is 4.42 Å². The van der Waals surface area contributed by atoms with Gasteiger partial charge in [-0.1, -0.05) is 13.8 Å². The van der Waals surface area contributed by atoms with Crippen LogP contribution >= 0.6 is 0 Å². The minimum Gasteiger partial charge on any atom is -0.437 e. The van der Waals surface area contributed by atoms with Crippen molar-refractivity contribution in [3.05, 3.63) is 58.4 Å². The topological polar surface area (TPSA) is 29.9 Å². The normalized spacial score (nSPS) is 11.9. The number of benzene rings is 1. The number of aromatic nitrogens is 2. The molecule has 0 N–H and O–H groups in total. The molecule has 0 fully saturated rings. The van der Waals surface area contributed by atoms with Crippen LogP contribution in [0, 0.1) is 32.5 Å². The Morgan fingerprint density at radius 1 is 1.00 bits per heavy atom. The van der Waals surface area contributed by atoms with Crippen molar-refractivity contribution >= 4 is 22.1 Å². The van der Waals surface area contributed by atoms with Crippen LogP contribution in [0.25, 0.3) is 33.3 Å². The number of halogens is 2. The first-order chi connectivity index (χ1) is 13.2. The van der Waals surface area contributed by atoms with Gasteiger partial charge in [0.1, 0.15) is 12.9 Å². The van der Waals surface area contributed by atoms with Gasteiger partial charge in [0.15, 0.2) is 11.8 Å². The van der Waals surface area contributed by atoms with Crippen LogP contribution in [0.1, 0.15) is 42.0 Å². The number of hydrogen-bond donors (Lipinski definition) is 0. The van der Waals surface area contributed by atoms with E-state index >= 15 is 0 Å². The molecular formula is C23H23F2N2O+. The second kappa shape index (κ2) is 6.36. The molecule has 3 heterocycles. The van der Waals surface area contributed by atoms with Gasteiger partial charge in [0.2, 0.25) is 17.4 Å². The molecule has 0 radical (unpaired) electrons. The maximum Gasteiger partial charge on any atom is 0.230 e. The first-order valence-electron chi connectivity index (χ1n) is 9.38. The van der Waals surface area contributed by atoms with Crippen LogP contribution < -0.4 is 4.57 Å². The molecule has 4 aromatic rings. The van der Waals surface area contributed by atoms with Gasteiger partial charge in [0, 0.05) is 17.2 Å². The molecule has 3 aromatic heterocycles. The zero-order valence-corrected chi connectivity index (χ0v) is 16.9. The lowest BCUT2D eigenvalue weighted by Gasteiger charge is -2.12. The number of furan rings is 1. The summed E-state index contributed by atoms with van der Waals surface area (Å²) in [6.45, 7) is 9.86. The van der Waals surface area contributed by atoms with E-state index in [4.69, 9.17) is 4.42 Å². The maximum absolute atomic E-state index is 14.9. The van der Waals surface area contributed by atoms with E-state index in [2.05, 4.69) is 38.0 Å². The molecular weight excluding hydrogens is 358 g/mol. The third-order valence-corrected chi connectivity index (χ3v) is 5.41. The summed E-state index contributed by atoms with van der Waals surface area (Å²) in [6, 6.07) is 5.24. The van der Waals surface area contributed by atoms with Crippen LogP contribution in [0.4, 0.5) is 8.78 Å². The molecule has 0 atom stereocenters. The van der Waals surface area contributed by atoms with Crippen LogP contribution in [-0.2, 0) is 7.05 Å². The molecule has 1 aromatic carbocycles. The van der Waals surface area contributed by atoms with Gasteiger partial charge >= 0.3 is 0 Å². The second-order valence-corrected chi connectivity index (χ2v) is 7.87. The van der Waals surface area contributed by atoms with Crippen molar-refractivity contribution in [3.8, 4) is 11.3 Å². The van der Waals surface area contributed by atoms with Crippen LogP contribution in [-0.4, -0.2) is 4.98 Å². The molecule has 0 spiro atoms. The first-order valence-corrected chi connectivity index (χ1v) is 9.38. The van der Waals surface area contributed by atoms with E-state index in [0.29, 0.717) is 27.8 Å². The summed E-state index contributed by atoms with van der Waals surface area (Å²) in [5.74, 6) is -0.639. The van der Waals surface area contributed by atoms with Crippen LogP contribution in [0.15, 0.2) is 28.8 Å². The smallest absolute Gasteiger partial charge is 0.230 e. The lowest BCUT2D eigenvalue weighted by Crippen LogP contribution is -2.32. The molecule has 0 unspecified atom stereocenters. The van der Waals surface area contributed by atoms with E-state index in [1.54, 1.807) is 13.0 Å². The Balaban J connectivity index is 2.15. The summed E-state index contributed by atoms with van der Waals surface area (Å²) in [7, 11) is 1.96. The average molecular weight is 381 g/mol. The van der Waals surface area contributed by atoms with Crippen molar-refractivity contribution in [2.24, 2.45) is 7.05 Å². The molecule has 0 aliphatic carbocycles. The first kappa shape index (κ1) is 18.5. The summed E-state index contributed by atoms with van der Waals surface area (Å²) in [6.07, 6.45) is 2.07. The van der Waals surface area contributed by atoms with Crippen molar-refractivity contribution in [1.29, 1.82) is 0 Å². The number of pyridine rings is 2. The number of nitrogens with zero attached hydrogens (tertiary/aromatic N) is 2. The standard InChI is InChI=1S/C23H23F2N2O/c1-11(2)15-9-18(27(6)10-14(15)5)19-12(3)8-17(24)20-16-7-13(4)22(25)26-23(16)28-21(19)20/h7-11H,1-6H3/q+1. The second-order valence-electron chi connectivity index (χ2n) is 7.87. The Bertz CT molecular complexity index is 1260. The van der Waals surface area contributed by atoms with E-state index in [0.717, 1.165) is 16.8 Å². The van der Waals surface area contributed by atoms with E-state index in [1.165, 1.54) is 17.2 Å². The van der Waals surface area contributed by atoms with Gasteiger partial charge in [0.05, 0.1) is 16.3 Å². The Morgan fingerprint density at radius 2 is 1.71 bits per heavy atom. The minimum atomic E-state index is -0.603. The van der Waals surface area contributed by atoms with E-state index < -0.39 is 5.95 Å². The van der Waals surface area contributed by atoms with E-state index in [1.807, 2.05) is 18.5 Å². The van der Waals surface area contributed by atoms with Crippen molar-refractivity contribution in [2.75, 3.05) is 0 Å². The number of hydrogen-bond acceptors (Lipinski definition) is 2.